The number of aliphatic hydroxyl groups excluding tert-OH is 1. The highest BCUT2D eigenvalue weighted by molar-refractivity contribution is 5.93. The van der Waals surface area contributed by atoms with Gasteiger partial charge in [0, 0.05) is 51.6 Å². The van der Waals surface area contributed by atoms with Crippen LogP contribution in [-0.2, 0) is 14.4 Å². The summed E-state index contributed by atoms with van der Waals surface area (Å²) in [5.74, 6) is -0.195. The molecule has 7 heteroatoms. The molecule has 0 radical (unpaired) electrons. The second kappa shape index (κ2) is 8.73. The number of aliphatic hydroxyl groups is 1. The van der Waals surface area contributed by atoms with E-state index >= 15 is 0 Å². The zero-order valence-corrected chi connectivity index (χ0v) is 16.4. The first-order valence-corrected chi connectivity index (χ1v) is 9.93. The molecule has 2 fully saturated rings. The first kappa shape index (κ1) is 20.3. The van der Waals surface area contributed by atoms with E-state index in [1.165, 1.54) is 6.92 Å². The van der Waals surface area contributed by atoms with Crippen LogP contribution in [0.15, 0.2) is 30.3 Å². The first-order valence-electron chi connectivity index (χ1n) is 9.93. The van der Waals surface area contributed by atoms with Crippen molar-refractivity contribution in [2.75, 3.05) is 31.5 Å². The van der Waals surface area contributed by atoms with Gasteiger partial charge in [-0.3, -0.25) is 14.4 Å². The third-order valence-corrected chi connectivity index (χ3v) is 5.87. The molecule has 1 aromatic rings. The number of nitrogens with zero attached hydrogens (tertiary/aromatic N) is 2. The van der Waals surface area contributed by atoms with Gasteiger partial charge in [-0.05, 0) is 36.8 Å². The van der Waals surface area contributed by atoms with Gasteiger partial charge >= 0.3 is 0 Å². The van der Waals surface area contributed by atoms with Crippen molar-refractivity contribution >= 4 is 23.4 Å². The zero-order chi connectivity index (χ0) is 20.1. The van der Waals surface area contributed by atoms with Crippen molar-refractivity contribution in [3.63, 3.8) is 0 Å². The van der Waals surface area contributed by atoms with Gasteiger partial charge < -0.3 is 20.2 Å². The summed E-state index contributed by atoms with van der Waals surface area (Å²) in [5, 5.41) is 13.0. The maximum atomic E-state index is 12.5. The lowest BCUT2D eigenvalue weighted by atomic mass is 9.71. The molecule has 3 rings (SSSR count). The van der Waals surface area contributed by atoms with Crippen LogP contribution < -0.4 is 5.32 Å². The lowest BCUT2D eigenvalue weighted by Gasteiger charge is -2.49. The SMILES string of the molecule is CC(=O)N1CC(O)CC2(CCN(C(=O)CCC(=O)Nc3ccccc3)CC2)C1. The molecule has 2 heterocycles. The fraction of sp³-hybridized carbons (Fsp3) is 0.571. The summed E-state index contributed by atoms with van der Waals surface area (Å²) in [5.41, 5.74) is 0.621. The molecule has 1 spiro atoms. The molecule has 28 heavy (non-hydrogen) atoms. The fourth-order valence-electron chi connectivity index (χ4n) is 4.31. The Morgan fingerprint density at radius 1 is 1.11 bits per heavy atom. The number of amides is 3. The predicted octanol–water partition coefficient (Wildman–Crippen LogP) is 1.63. The highest BCUT2D eigenvalue weighted by Gasteiger charge is 2.42. The third kappa shape index (κ3) is 5.10. The molecule has 1 atom stereocenters. The quantitative estimate of drug-likeness (QED) is 0.822. The molecule has 1 unspecified atom stereocenters. The lowest BCUT2D eigenvalue weighted by Crippen LogP contribution is -2.55. The third-order valence-electron chi connectivity index (χ3n) is 5.87. The van der Waals surface area contributed by atoms with Gasteiger partial charge in [0.1, 0.15) is 0 Å². The summed E-state index contributed by atoms with van der Waals surface area (Å²) in [7, 11) is 0. The van der Waals surface area contributed by atoms with Gasteiger partial charge in [0.25, 0.3) is 0 Å². The number of likely N-dealkylation sites (tertiary alicyclic amines) is 2. The molecule has 0 bridgehead atoms. The molecule has 3 amide bonds. The van der Waals surface area contributed by atoms with E-state index in [1.807, 2.05) is 30.3 Å². The van der Waals surface area contributed by atoms with E-state index in [4.69, 9.17) is 0 Å². The molecular formula is C21H29N3O4. The van der Waals surface area contributed by atoms with Crippen LogP contribution in [-0.4, -0.2) is 64.9 Å². The Balaban J connectivity index is 1.46. The van der Waals surface area contributed by atoms with E-state index < -0.39 is 6.10 Å². The number of β-amino-alcohol motifs (C(OH)–C–C–N with tert-alkyl or cyclic N) is 1. The van der Waals surface area contributed by atoms with E-state index in [9.17, 15) is 19.5 Å². The summed E-state index contributed by atoms with van der Waals surface area (Å²) in [6, 6.07) is 9.20. The minimum absolute atomic E-state index is 0.0129. The van der Waals surface area contributed by atoms with Gasteiger partial charge in [-0.15, -0.1) is 0 Å². The normalized spacial score (nSPS) is 21.4. The van der Waals surface area contributed by atoms with Gasteiger partial charge in [0.2, 0.25) is 17.7 Å². The summed E-state index contributed by atoms with van der Waals surface area (Å²) in [4.78, 5) is 39.8. The van der Waals surface area contributed by atoms with Gasteiger partial charge in [0.15, 0.2) is 0 Å². The van der Waals surface area contributed by atoms with Crippen molar-refractivity contribution in [2.24, 2.45) is 5.41 Å². The Hall–Kier alpha value is -2.41. The number of anilines is 1. The number of carbonyl (C=O) groups excluding carboxylic acids is 3. The van der Waals surface area contributed by atoms with Crippen molar-refractivity contribution < 1.29 is 19.5 Å². The molecule has 0 saturated carbocycles. The minimum Gasteiger partial charge on any atom is -0.391 e. The number of hydrogen-bond donors (Lipinski definition) is 2. The number of rotatable bonds is 4. The average molecular weight is 387 g/mol. The molecule has 0 aromatic heterocycles. The van der Waals surface area contributed by atoms with Crippen LogP contribution in [0.5, 0.6) is 0 Å². The number of hydrogen-bond acceptors (Lipinski definition) is 4. The first-order chi connectivity index (χ1) is 13.4. The Kier molecular flexibility index (Phi) is 6.34. The second-order valence-corrected chi connectivity index (χ2v) is 8.05. The van der Waals surface area contributed by atoms with E-state index in [2.05, 4.69) is 5.32 Å². The Bertz CT molecular complexity index is 714. The molecule has 0 aliphatic carbocycles. The molecule has 1 aromatic carbocycles. The van der Waals surface area contributed by atoms with E-state index in [0.717, 1.165) is 18.5 Å². The maximum absolute atomic E-state index is 12.5. The average Bonchev–Trinajstić information content (AvgIpc) is 2.67. The maximum Gasteiger partial charge on any atom is 0.224 e. The highest BCUT2D eigenvalue weighted by atomic mass is 16.3. The second-order valence-electron chi connectivity index (χ2n) is 8.05. The van der Waals surface area contributed by atoms with Crippen molar-refractivity contribution in [2.45, 2.75) is 45.1 Å². The van der Waals surface area contributed by atoms with Crippen LogP contribution in [0.4, 0.5) is 5.69 Å². The van der Waals surface area contributed by atoms with Crippen LogP contribution >= 0.6 is 0 Å². The minimum atomic E-state index is -0.499. The van der Waals surface area contributed by atoms with Crippen molar-refractivity contribution in [3.05, 3.63) is 30.3 Å². The van der Waals surface area contributed by atoms with Crippen LogP contribution in [0.2, 0.25) is 0 Å². The van der Waals surface area contributed by atoms with Gasteiger partial charge in [-0.2, -0.15) is 0 Å². The molecule has 152 valence electrons. The molecule has 7 nitrogen and oxygen atoms in total. The number of nitrogens with one attached hydrogen (secondary N) is 1. The molecule has 2 aliphatic rings. The highest BCUT2D eigenvalue weighted by Crippen LogP contribution is 2.40. The molecular weight excluding hydrogens is 358 g/mol. The summed E-state index contributed by atoms with van der Waals surface area (Å²) in [6.07, 6.45) is 2.07. The van der Waals surface area contributed by atoms with Crippen molar-refractivity contribution in [1.82, 2.24) is 9.80 Å². The number of benzene rings is 1. The summed E-state index contributed by atoms with van der Waals surface area (Å²) >= 11 is 0. The predicted molar refractivity (Wildman–Crippen MR) is 105 cm³/mol. The molecule has 2 saturated heterocycles. The van der Waals surface area contributed by atoms with Crippen LogP contribution in [0.1, 0.15) is 39.0 Å². The number of piperidine rings is 2. The van der Waals surface area contributed by atoms with E-state index in [0.29, 0.717) is 32.6 Å². The zero-order valence-electron chi connectivity index (χ0n) is 16.4. The lowest BCUT2D eigenvalue weighted by molar-refractivity contribution is -0.142. The van der Waals surface area contributed by atoms with Gasteiger partial charge in [0.05, 0.1) is 6.10 Å². The van der Waals surface area contributed by atoms with Gasteiger partial charge in [-0.25, -0.2) is 0 Å². The van der Waals surface area contributed by atoms with Crippen LogP contribution in [0.3, 0.4) is 0 Å². The smallest absolute Gasteiger partial charge is 0.224 e. The Morgan fingerprint density at radius 2 is 1.79 bits per heavy atom. The van der Waals surface area contributed by atoms with Crippen LogP contribution in [0.25, 0.3) is 0 Å². The number of para-hydroxylation sites is 1. The van der Waals surface area contributed by atoms with E-state index in [-0.39, 0.29) is 36.0 Å². The van der Waals surface area contributed by atoms with Gasteiger partial charge in [-0.1, -0.05) is 18.2 Å². The molecule has 2 N–H and O–H groups in total. The summed E-state index contributed by atoms with van der Waals surface area (Å²) < 4.78 is 0. The molecule has 2 aliphatic heterocycles. The topological polar surface area (TPSA) is 90.0 Å². The Morgan fingerprint density at radius 3 is 2.43 bits per heavy atom. The van der Waals surface area contributed by atoms with Crippen molar-refractivity contribution in [3.8, 4) is 0 Å². The van der Waals surface area contributed by atoms with E-state index in [1.54, 1.807) is 9.80 Å². The monoisotopic (exact) mass is 387 g/mol. The largest absolute Gasteiger partial charge is 0.391 e. The fourth-order valence-corrected chi connectivity index (χ4v) is 4.31. The number of carbonyl (C=O) groups is 3. The van der Waals surface area contributed by atoms with Crippen LogP contribution in [0, 0.1) is 5.41 Å². The summed E-state index contributed by atoms with van der Waals surface area (Å²) in [6.45, 7) is 3.80. The Labute approximate surface area is 165 Å². The van der Waals surface area contributed by atoms with Crippen molar-refractivity contribution in [1.29, 1.82) is 0 Å². The standard InChI is InChI=1S/C21H29N3O4/c1-16(25)24-14-18(26)13-21(15-24)9-11-23(12-10-21)20(28)8-7-19(27)22-17-5-3-2-4-6-17/h2-6,18,26H,7-15H2,1H3,(H,22,27).